The third-order valence-electron chi connectivity index (χ3n) is 4.27. The Labute approximate surface area is 122 Å². The first-order valence-electron chi connectivity index (χ1n) is 8.09. The van der Waals surface area contributed by atoms with Crippen LogP contribution in [0.5, 0.6) is 0 Å². The Kier molecular flexibility index (Phi) is 6.05. The number of aromatic nitrogens is 2. The van der Waals surface area contributed by atoms with Crippen molar-refractivity contribution in [2.75, 3.05) is 6.61 Å². The molecule has 0 amide bonds. The van der Waals surface area contributed by atoms with Crippen LogP contribution in [-0.4, -0.2) is 27.6 Å². The molecule has 1 fully saturated rings. The molecule has 1 saturated carbocycles. The lowest BCUT2D eigenvalue weighted by molar-refractivity contribution is -0.0768. The van der Waals surface area contributed by atoms with Crippen LogP contribution in [0.25, 0.3) is 0 Å². The van der Waals surface area contributed by atoms with Gasteiger partial charge < -0.3 is 9.84 Å². The lowest BCUT2D eigenvalue weighted by Gasteiger charge is -2.33. The SMILES string of the molecule is CCCn1nccc1C(O)C(OCC)C1CCCCC1. The van der Waals surface area contributed by atoms with Crippen molar-refractivity contribution in [3.63, 3.8) is 0 Å². The fourth-order valence-corrected chi connectivity index (χ4v) is 3.30. The molecule has 114 valence electrons. The molecule has 1 aliphatic rings. The normalized spacial score (nSPS) is 19.9. The number of rotatable bonds is 7. The van der Waals surface area contributed by atoms with Crippen LogP contribution >= 0.6 is 0 Å². The molecule has 0 aliphatic heterocycles. The molecule has 1 heterocycles. The van der Waals surface area contributed by atoms with Gasteiger partial charge in [-0.25, -0.2) is 0 Å². The average Bonchev–Trinajstić information content (AvgIpc) is 2.94. The zero-order chi connectivity index (χ0) is 14.4. The van der Waals surface area contributed by atoms with Crippen LogP contribution in [0.3, 0.4) is 0 Å². The van der Waals surface area contributed by atoms with Gasteiger partial charge in [-0.2, -0.15) is 5.10 Å². The molecule has 2 atom stereocenters. The Morgan fingerprint density at radius 1 is 1.35 bits per heavy atom. The third-order valence-corrected chi connectivity index (χ3v) is 4.27. The molecule has 1 aromatic heterocycles. The van der Waals surface area contributed by atoms with Crippen molar-refractivity contribution in [2.24, 2.45) is 5.92 Å². The largest absolute Gasteiger partial charge is 0.384 e. The van der Waals surface area contributed by atoms with Crippen LogP contribution < -0.4 is 0 Å². The van der Waals surface area contributed by atoms with E-state index in [0.29, 0.717) is 12.5 Å². The van der Waals surface area contributed by atoms with Gasteiger partial charge in [0, 0.05) is 19.3 Å². The van der Waals surface area contributed by atoms with E-state index in [2.05, 4.69) is 12.0 Å². The molecule has 4 heteroatoms. The molecule has 2 unspecified atom stereocenters. The Morgan fingerprint density at radius 3 is 2.75 bits per heavy atom. The van der Waals surface area contributed by atoms with Crippen LogP contribution in [0.4, 0.5) is 0 Å². The summed E-state index contributed by atoms with van der Waals surface area (Å²) in [6, 6.07) is 1.93. The van der Waals surface area contributed by atoms with Gasteiger partial charge in [0.15, 0.2) is 0 Å². The van der Waals surface area contributed by atoms with Gasteiger partial charge in [-0.3, -0.25) is 4.68 Å². The molecule has 4 nitrogen and oxygen atoms in total. The van der Waals surface area contributed by atoms with Crippen LogP contribution in [0.2, 0.25) is 0 Å². The maximum atomic E-state index is 10.8. The monoisotopic (exact) mass is 280 g/mol. The minimum Gasteiger partial charge on any atom is -0.384 e. The molecule has 20 heavy (non-hydrogen) atoms. The third kappa shape index (κ3) is 3.61. The van der Waals surface area contributed by atoms with E-state index < -0.39 is 6.10 Å². The topological polar surface area (TPSA) is 47.3 Å². The fourth-order valence-electron chi connectivity index (χ4n) is 3.30. The van der Waals surface area contributed by atoms with Crippen molar-refractivity contribution in [3.8, 4) is 0 Å². The molecular formula is C16H28N2O2. The van der Waals surface area contributed by atoms with Crippen molar-refractivity contribution in [1.29, 1.82) is 0 Å². The van der Waals surface area contributed by atoms with Crippen molar-refractivity contribution in [3.05, 3.63) is 18.0 Å². The van der Waals surface area contributed by atoms with Crippen LogP contribution in [-0.2, 0) is 11.3 Å². The van der Waals surface area contributed by atoms with Crippen molar-refractivity contribution in [2.45, 2.75) is 71.1 Å². The van der Waals surface area contributed by atoms with Gasteiger partial charge in [-0.05, 0) is 38.2 Å². The summed E-state index contributed by atoms with van der Waals surface area (Å²) >= 11 is 0. The van der Waals surface area contributed by atoms with Gasteiger partial charge in [0.25, 0.3) is 0 Å². The van der Waals surface area contributed by atoms with Gasteiger partial charge in [-0.15, -0.1) is 0 Å². The van der Waals surface area contributed by atoms with E-state index in [1.807, 2.05) is 17.7 Å². The molecule has 0 bridgehead atoms. The zero-order valence-electron chi connectivity index (χ0n) is 12.8. The van der Waals surface area contributed by atoms with Crippen molar-refractivity contribution in [1.82, 2.24) is 9.78 Å². The second-order valence-electron chi connectivity index (χ2n) is 5.74. The summed E-state index contributed by atoms with van der Waals surface area (Å²) in [4.78, 5) is 0. The maximum Gasteiger partial charge on any atom is 0.122 e. The molecule has 0 radical (unpaired) electrons. The summed E-state index contributed by atoms with van der Waals surface area (Å²) in [7, 11) is 0. The number of aliphatic hydroxyl groups is 1. The predicted molar refractivity (Wildman–Crippen MR) is 79.5 cm³/mol. The van der Waals surface area contributed by atoms with Gasteiger partial charge in [0.2, 0.25) is 0 Å². The Balaban J connectivity index is 2.12. The van der Waals surface area contributed by atoms with E-state index in [1.165, 1.54) is 32.1 Å². The molecule has 1 aromatic rings. The Morgan fingerprint density at radius 2 is 2.10 bits per heavy atom. The maximum absolute atomic E-state index is 10.8. The average molecular weight is 280 g/mol. The predicted octanol–water partition coefficient (Wildman–Crippen LogP) is 3.31. The fraction of sp³-hybridized carbons (Fsp3) is 0.812. The number of aryl methyl sites for hydroxylation is 1. The molecule has 0 saturated heterocycles. The van der Waals surface area contributed by atoms with E-state index in [9.17, 15) is 5.11 Å². The summed E-state index contributed by atoms with van der Waals surface area (Å²) in [6.07, 6.45) is 8.32. The molecule has 0 aromatic carbocycles. The second kappa shape index (κ2) is 7.79. The molecule has 0 spiro atoms. The smallest absolute Gasteiger partial charge is 0.122 e. The highest BCUT2D eigenvalue weighted by molar-refractivity contribution is 5.07. The Bertz CT molecular complexity index is 386. The zero-order valence-corrected chi connectivity index (χ0v) is 12.8. The summed E-state index contributed by atoms with van der Waals surface area (Å²) in [5.74, 6) is 0.476. The van der Waals surface area contributed by atoms with E-state index in [-0.39, 0.29) is 6.10 Å². The number of aliphatic hydroxyl groups excluding tert-OH is 1. The van der Waals surface area contributed by atoms with Crippen LogP contribution in [0.15, 0.2) is 12.3 Å². The lowest BCUT2D eigenvalue weighted by atomic mass is 9.82. The molecule has 1 aliphatic carbocycles. The minimum atomic E-state index is -0.563. The highest BCUT2D eigenvalue weighted by Gasteiger charge is 2.32. The highest BCUT2D eigenvalue weighted by Crippen LogP contribution is 2.34. The molecule has 1 N–H and O–H groups in total. The number of nitrogens with zero attached hydrogens (tertiary/aromatic N) is 2. The number of ether oxygens (including phenoxy) is 1. The number of hydrogen-bond donors (Lipinski definition) is 1. The lowest BCUT2D eigenvalue weighted by Crippen LogP contribution is -2.33. The van der Waals surface area contributed by atoms with Crippen LogP contribution in [0, 0.1) is 5.92 Å². The summed E-state index contributed by atoms with van der Waals surface area (Å²) in [5, 5.41) is 15.1. The first-order chi connectivity index (χ1) is 9.77. The number of hydrogen-bond acceptors (Lipinski definition) is 3. The van der Waals surface area contributed by atoms with E-state index >= 15 is 0 Å². The van der Waals surface area contributed by atoms with Crippen molar-refractivity contribution < 1.29 is 9.84 Å². The second-order valence-corrected chi connectivity index (χ2v) is 5.74. The highest BCUT2D eigenvalue weighted by atomic mass is 16.5. The van der Waals surface area contributed by atoms with Gasteiger partial charge >= 0.3 is 0 Å². The van der Waals surface area contributed by atoms with E-state index in [1.54, 1.807) is 6.20 Å². The molecule has 2 rings (SSSR count). The van der Waals surface area contributed by atoms with Crippen LogP contribution in [0.1, 0.15) is 64.2 Å². The van der Waals surface area contributed by atoms with Gasteiger partial charge in [0.1, 0.15) is 6.10 Å². The summed E-state index contributed by atoms with van der Waals surface area (Å²) < 4.78 is 7.83. The first-order valence-corrected chi connectivity index (χ1v) is 8.09. The summed E-state index contributed by atoms with van der Waals surface area (Å²) in [5.41, 5.74) is 0.899. The summed E-state index contributed by atoms with van der Waals surface area (Å²) in [6.45, 7) is 5.63. The van der Waals surface area contributed by atoms with Gasteiger partial charge in [0.05, 0.1) is 11.8 Å². The van der Waals surface area contributed by atoms with E-state index in [0.717, 1.165) is 18.7 Å². The molecular weight excluding hydrogens is 252 g/mol. The van der Waals surface area contributed by atoms with E-state index in [4.69, 9.17) is 4.74 Å². The standard InChI is InChI=1S/C16H28N2O2/c1-3-12-18-14(10-11-17-18)15(19)16(20-4-2)13-8-6-5-7-9-13/h10-11,13,15-16,19H,3-9,12H2,1-2H3. The van der Waals surface area contributed by atoms with Gasteiger partial charge in [-0.1, -0.05) is 26.2 Å². The first kappa shape index (κ1) is 15.5. The minimum absolute atomic E-state index is 0.0902. The quantitative estimate of drug-likeness (QED) is 0.833. The Hall–Kier alpha value is -0.870. The van der Waals surface area contributed by atoms with Crippen molar-refractivity contribution >= 4 is 0 Å².